The summed E-state index contributed by atoms with van der Waals surface area (Å²) in [5, 5.41) is 3.19. The van der Waals surface area contributed by atoms with Gasteiger partial charge < -0.3 is 5.32 Å². The average molecular weight is 368 g/mol. The van der Waals surface area contributed by atoms with Crippen LogP contribution in [0.5, 0.6) is 0 Å². The van der Waals surface area contributed by atoms with Crippen molar-refractivity contribution in [3.8, 4) is 0 Å². The Morgan fingerprint density at radius 3 is 2.42 bits per heavy atom. The van der Waals surface area contributed by atoms with Crippen molar-refractivity contribution in [3.05, 3.63) is 35.4 Å². The van der Waals surface area contributed by atoms with E-state index in [1.165, 1.54) is 18.6 Å². The van der Waals surface area contributed by atoms with Gasteiger partial charge in [-0.3, -0.25) is 9.69 Å². The third-order valence-electron chi connectivity index (χ3n) is 5.57. The highest BCUT2D eigenvalue weighted by molar-refractivity contribution is 5.79. The minimum Gasteiger partial charge on any atom is -0.353 e. The lowest BCUT2D eigenvalue weighted by Gasteiger charge is -2.33. The van der Waals surface area contributed by atoms with E-state index in [0.29, 0.717) is 12.1 Å². The number of rotatable bonds is 4. The number of carbonyl (C=O) groups excluding carboxylic acids is 1. The normalized spacial score (nSPS) is 20.9. The predicted octanol–water partition coefficient (Wildman–Crippen LogP) is 4.37. The molecule has 144 valence electrons. The van der Waals surface area contributed by atoms with Crippen molar-refractivity contribution in [2.75, 3.05) is 13.1 Å². The van der Waals surface area contributed by atoms with Crippen molar-refractivity contribution >= 4 is 5.91 Å². The monoisotopic (exact) mass is 368 g/mol. The van der Waals surface area contributed by atoms with Gasteiger partial charge in [0, 0.05) is 31.6 Å². The molecule has 1 heterocycles. The summed E-state index contributed by atoms with van der Waals surface area (Å²) in [6.45, 7) is 2.12. The zero-order valence-electron chi connectivity index (χ0n) is 15.0. The molecule has 0 bridgehead atoms. The van der Waals surface area contributed by atoms with Crippen LogP contribution >= 0.6 is 0 Å². The number of amides is 1. The molecule has 2 fully saturated rings. The molecule has 1 aliphatic heterocycles. The Balaban J connectivity index is 1.46. The molecule has 0 unspecified atom stereocenters. The Labute approximate surface area is 152 Å². The molecule has 1 saturated heterocycles. The Kier molecular flexibility index (Phi) is 6.22. The van der Waals surface area contributed by atoms with Gasteiger partial charge in [0.25, 0.3) is 0 Å². The van der Waals surface area contributed by atoms with Crippen LogP contribution in [0.25, 0.3) is 0 Å². The number of benzene rings is 1. The topological polar surface area (TPSA) is 32.3 Å². The van der Waals surface area contributed by atoms with Crippen molar-refractivity contribution in [2.45, 2.75) is 63.7 Å². The van der Waals surface area contributed by atoms with E-state index in [1.54, 1.807) is 6.07 Å². The minimum atomic E-state index is -4.30. The van der Waals surface area contributed by atoms with E-state index < -0.39 is 11.7 Å². The number of nitrogens with one attached hydrogen (secondary N) is 1. The Morgan fingerprint density at radius 2 is 1.77 bits per heavy atom. The summed E-state index contributed by atoms with van der Waals surface area (Å²) in [7, 11) is 0. The SMILES string of the molecule is O=C(NC1CCN(Cc2cccc(C(F)(F)F)c2)CC1)C1CCCCC1. The van der Waals surface area contributed by atoms with Gasteiger partial charge in [0.1, 0.15) is 0 Å². The third-order valence-corrected chi connectivity index (χ3v) is 5.57. The zero-order valence-corrected chi connectivity index (χ0v) is 15.0. The molecule has 0 atom stereocenters. The number of hydrogen-bond acceptors (Lipinski definition) is 2. The van der Waals surface area contributed by atoms with Gasteiger partial charge in [-0.2, -0.15) is 13.2 Å². The first-order valence-corrected chi connectivity index (χ1v) is 9.61. The molecule has 0 spiro atoms. The molecule has 2 aliphatic rings. The number of likely N-dealkylation sites (tertiary alicyclic amines) is 1. The van der Waals surface area contributed by atoms with Crippen LogP contribution in [-0.4, -0.2) is 29.9 Å². The van der Waals surface area contributed by atoms with E-state index >= 15 is 0 Å². The highest BCUT2D eigenvalue weighted by atomic mass is 19.4. The summed E-state index contributed by atoms with van der Waals surface area (Å²) in [5.41, 5.74) is 0.0918. The number of halogens is 3. The number of nitrogens with zero attached hydrogens (tertiary/aromatic N) is 1. The van der Waals surface area contributed by atoms with Gasteiger partial charge in [0.2, 0.25) is 5.91 Å². The van der Waals surface area contributed by atoms with E-state index in [2.05, 4.69) is 10.2 Å². The second-order valence-corrected chi connectivity index (χ2v) is 7.59. The molecule has 1 aliphatic carbocycles. The van der Waals surface area contributed by atoms with Gasteiger partial charge in [-0.1, -0.05) is 37.5 Å². The van der Waals surface area contributed by atoms with Gasteiger partial charge in [0.05, 0.1) is 5.56 Å². The quantitative estimate of drug-likeness (QED) is 0.856. The van der Waals surface area contributed by atoms with Crippen LogP contribution < -0.4 is 5.32 Å². The lowest BCUT2D eigenvalue weighted by atomic mass is 9.88. The second-order valence-electron chi connectivity index (χ2n) is 7.59. The van der Waals surface area contributed by atoms with Crippen LogP contribution in [0.2, 0.25) is 0 Å². The second kappa shape index (κ2) is 8.42. The predicted molar refractivity (Wildman–Crippen MR) is 94.5 cm³/mol. The van der Waals surface area contributed by atoms with Gasteiger partial charge in [-0.25, -0.2) is 0 Å². The summed E-state index contributed by atoms with van der Waals surface area (Å²) < 4.78 is 38.5. The molecule has 0 aromatic heterocycles. The van der Waals surface area contributed by atoms with Crippen LogP contribution in [0, 0.1) is 5.92 Å². The van der Waals surface area contributed by atoms with Crippen LogP contribution in [0.4, 0.5) is 13.2 Å². The number of piperidine rings is 1. The maximum atomic E-state index is 12.8. The summed E-state index contributed by atoms with van der Waals surface area (Å²) in [6, 6.07) is 5.75. The van der Waals surface area contributed by atoms with Crippen molar-refractivity contribution < 1.29 is 18.0 Å². The molecule has 6 heteroatoms. The first-order chi connectivity index (χ1) is 12.4. The average Bonchev–Trinajstić information content (AvgIpc) is 2.63. The zero-order chi connectivity index (χ0) is 18.6. The molecule has 0 radical (unpaired) electrons. The summed E-state index contributed by atoms with van der Waals surface area (Å²) in [6.07, 6.45) is 2.94. The summed E-state index contributed by atoms with van der Waals surface area (Å²) in [5.74, 6) is 0.368. The fourth-order valence-corrected chi connectivity index (χ4v) is 4.02. The highest BCUT2D eigenvalue weighted by Gasteiger charge is 2.31. The number of alkyl halides is 3. The van der Waals surface area contributed by atoms with E-state index in [0.717, 1.165) is 57.7 Å². The van der Waals surface area contributed by atoms with Gasteiger partial charge >= 0.3 is 6.18 Å². The number of carbonyl (C=O) groups is 1. The maximum Gasteiger partial charge on any atom is 0.416 e. The molecule has 3 nitrogen and oxygen atoms in total. The van der Waals surface area contributed by atoms with Crippen LogP contribution in [0.1, 0.15) is 56.1 Å². The smallest absolute Gasteiger partial charge is 0.353 e. The van der Waals surface area contributed by atoms with Crippen LogP contribution in [0.15, 0.2) is 24.3 Å². The molecular weight excluding hydrogens is 341 g/mol. The first kappa shape index (κ1) is 19.2. The van der Waals surface area contributed by atoms with Gasteiger partial charge in [-0.05, 0) is 37.3 Å². The first-order valence-electron chi connectivity index (χ1n) is 9.61. The van der Waals surface area contributed by atoms with E-state index in [1.807, 2.05) is 0 Å². The Hall–Kier alpha value is -1.56. The molecular formula is C20H27F3N2O. The van der Waals surface area contributed by atoms with Gasteiger partial charge in [0.15, 0.2) is 0 Å². The molecule has 1 aromatic rings. The fourth-order valence-electron chi connectivity index (χ4n) is 4.02. The lowest BCUT2D eigenvalue weighted by molar-refractivity contribution is -0.137. The standard InChI is InChI=1S/C20H27F3N2O/c21-20(22,23)17-8-4-5-15(13-17)14-25-11-9-18(10-12-25)24-19(26)16-6-2-1-3-7-16/h4-5,8,13,16,18H,1-3,6-7,9-12,14H2,(H,24,26). The van der Waals surface area contributed by atoms with Crippen molar-refractivity contribution in [1.82, 2.24) is 10.2 Å². The highest BCUT2D eigenvalue weighted by Crippen LogP contribution is 2.30. The largest absolute Gasteiger partial charge is 0.416 e. The maximum absolute atomic E-state index is 12.8. The summed E-state index contributed by atoms with van der Waals surface area (Å²) in [4.78, 5) is 14.5. The fraction of sp³-hybridized carbons (Fsp3) is 0.650. The summed E-state index contributed by atoms with van der Waals surface area (Å²) >= 11 is 0. The van der Waals surface area contributed by atoms with Gasteiger partial charge in [-0.15, -0.1) is 0 Å². The third kappa shape index (κ3) is 5.22. The Bertz CT molecular complexity index is 603. The molecule has 26 heavy (non-hydrogen) atoms. The van der Waals surface area contributed by atoms with Crippen molar-refractivity contribution in [3.63, 3.8) is 0 Å². The molecule has 1 N–H and O–H groups in total. The van der Waals surface area contributed by atoms with E-state index in [4.69, 9.17) is 0 Å². The van der Waals surface area contributed by atoms with Crippen LogP contribution in [-0.2, 0) is 17.5 Å². The van der Waals surface area contributed by atoms with Crippen molar-refractivity contribution in [2.24, 2.45) is 5.92 Å². The molecule has 1 aromatic carbocycles. The molecule has 3 rings (SSSR count). The molecule has 1 amide bonds. The van der Waals surface area contributed by atoms with Crippen LogP contribution in [0.3, 0.4) is 0 Å². The molecule has 1 saturated carbocycles. The number of hydrogen-bond donors (Lipinski definition) is 1. The minimum absolute atomic E-state index is 0.173. The van der Waals surface area contributed by atoms with E-state index in [-0.39, 0.29) is 17.9 Å². The van der Waals surface area contributed by atoms with E-state index in [9.17, 15) is 18.0 Å². The van der Waals surface area contributed by atoms with Crippen molar-refractivity contribution in [1.29, 1.82) is 0 Å². The Morgan fingerprint density at radius 1 is 1.08 bits per heavy atom. The lowest BCUT2D eigenvalue weighted by Crippen LogP contribution is -2.46.